The molecule has 0 bridgehead atoms. The fourth-order valence-corrected chi connectivity index (χ4v) is 3.86. The molecule has 1 aromatic heterocycles. The number of rotatable bonds is 5. The average Bonchev–Trinajstić information content (AvgIpc) is 3.05. The topological polar surface area (TPSA) is 56.1 Å². The Morgan fingerprint density at radius 2 is 2.04 bits per heavy atom. The number of hydrogen-bond acceptors (Lipinski definition) is 4. The SMILES string of the molecule is CN(C)[C@@H](CNC(=O)c1cccc(C#N)c1)c1csc2ccccc12. The molecule has 3 aromatic rings. The highest BCUT2D eigenvalue weighted by molar-refractivity contribution is 7.17. The molecule has 1 atom stereocenters. The largest absolute Gasteiger partial charge is 0.350 e. The second-order valence-corrected chi connectivity index (χ2v) is 6.98. The fourth-order valence-electron chi connectivity index (χ4n) is 2.85. The first kappa shape index (κ1) is 17.2. The Labute approximate surface area is 151 Å². The van der Waals surface area contributed by atoms with Crippen molar-refractivity contribution >= 4 is 27.3 Å². The van der Waals surface area contributed by atoms with Crippen molar-refractivity contribution in [1.29, 1.82) is 5.26 Å². The van der Waals surface area contributed by atoms with Gasteiger partial charge in [-0.15, -0.1) is 11.3 Å². The molecule has 1 heterocycles. The molecule has 0 saturated carbocycles. The van der Waals surface area contributed by atoms with E-state index >= 15 is 0 Å². The van der Waals surface area contributed by atoms with Gasteiger partial charge in [-0.05, 0) is 54.7 Å². The van der Waals surface area contributed by atoms with Crippen LogP contribution < -0.4 is 5.32 Å². The van der Waals surface area contributed by atoms with Crippen LogP contribution in [0.1, 0.15) is 27.5 Å². The van der Waals surface area contributed by atoms with Crippen LogP contribution in [-0.4, -0.2) is 31.4 Å². The molecule has 0 radical (unpaired) electrons. The van der Waals surface area contributed by atoms with Crippen LogP contribution in [0, 0.1) is 11.3 Å². The molecule has 2 aromatic carbocycles. The van der Waals surface area contributed by atoms with Crippen molar-refractivity contribution in [3.05, 3.63) is 70.6 Å². The molecule has 4 nitrogen and oxygen atoms in total. The predicted molar refractivity (Wildman–Crippen MR) is 102 cm³/mol. The van der Waals surface area contributed by atoms with Crippen molar-refractivity contribution in [2.24, 2.45) is 0 Å². The van der Waals surface area contributed by atoms with Crippen LogP contribution in [0.3, 0.4) is 0 Å². The van der Waals surface area contributed by atoms with Crippen LogP contribution in [-0.2, 0) is 0 Å². The Hall–Kier alpha value is -2.68. The summed E-state index contributed by atoms with van der Waals surface area (Å²) < 4.78 is 1.25. The molecule has 0 aliphatic heterocycles. The summed E-state index contributed by atoms with van der Waals surface area (Å²) in [5.74, 6) is -0.163. The number of carbonyl (C=O) groups is 1. The van der Waals surface area contributed by atoms with E-state index in [1.807, 2.05) is 26.2 Å². The monoisotopic (exact) mass is 349 g/mol. The molecule has 5 heteroatoms. The highest BCUT2D eigenvalue weighted by Crippen LogP contribution is 2.32. The van der Waals surface area contributed by atoms with Crippen molar-refractivity contribution in [3.63, 3.8) is 0 Å². The van der Waals surface area contributed by atoms with Gasteiger partial charge < -0.3 is 10.2 Å². The van der Waals surface area contributed by atoms with E-state index in [9.17, 15) is 4.79 Å². The molecule has 0 unspecified atom stereocenters. The number of thiophene rings is 1. The van der Waals surface area contributed by atoms with Crippen LogP contribution >= 0.6 is 11.3 Å². The molecule has 0 fully saturated rings. The van der Waals surface area contributed by atoms with Gasteiger partial charge in [0.2, 0.25) is 0 Å². The summed E-state index contributed by atoms with van der Waals surface area (Å²) in [4.78, 5) is 14.5. The second kappa shape index (κ2) is 7.47. The number of nitriles is 1. The summed E-state index contributed by atoms with van der Waals surface area (Å²) in [5, 5.41) is 15.4. The van der Waals surface area contributed by atoms with Crippen LogP contribution in [0.25, 0.3) is 10.1 Å². The summed E-state index contributed by atoms with van der Waals surface area (Å²) in [5.41, 5.74) is 2.21. The van der Waals surface area contributed by atoms with E-state index in [-0.39, 0.29) is 11.9 Å². The van der Waals surface area contributed by atoms with Gasteiger partial charge in [-0.2, -0.15) is 5.26 Å². The van der Waals surface area contributed by atoms with Gasteiger partial charge in [0, 0.05) is 16.8 Å². The molecular weight excluding hydrogens is 330 g/mol. The van der Waals surface area contributed by atoms with E-state index in [1.165, 1.54) is 15.6 Å². The average molecular weight is 349 g/mol. The van der Waals surface area contributed by atoms with E-state index in [4.69, 9.17) is 5.26 Å². The van der Waals surface area contributed by atoms with Crippen LogP contribution in [0.5, 0.6) is 0 Å². The molecular formula is C20H19N3OS. The van der Waals surface area contributed by atoms with E-state index < -0.39 is 0 Å². The number of hydrogen-bond donors (Lipinski definition) is 1. The number of amides is 1. The first-order valence-corrected chi connectivity index (χ1v) is 8.89. The summed E-state index contributed by atoms with van der Waals surface area (Å²) in [6.07, 6.45) is 0. The molecule has 0 saturated heterocycles. The van der Waals surface area contributed by atoms with Gasteiger partial charge in [0.1, 0.15) is 0 Å². The number of carbonyl (C=O) groups excluding carboxylic acids is 1. The molecule has 1 amide bonds. The van der Waals surface area contributed by atoms with E-state index in [2.05, 4.69) is 33.8 Å². The Balaban J connectivity index is 1.79. The third-order valence-electron chi connectivity index (χ3n) is 4.20. The zero-order chi connectivity index (χ0) is 17.8. The Bertz CT molecular complexity index is 939. The Morgan fingerprint density at radius 1 is 1.24 bits per heavy atom. The van der Waals surface area contributed by atoms with Crippen LogP contribution in [0.15, 0.2) is 53.9 Å². The number of nitrogens with one attached hydrogen (secondary N) is 1. The zero-order valence-corrected chi connectivity index (χ0v) is 15.0. The third-order valence-corrected chi connectivity index (χ3v) is 5.18. The molecule has 0 aliphatic carbocycles. The smallest absolute Gasteiger partial charge is 0.251 e. The van der Waals surface area contributed by atoms with Crippen molar-refractivity contribution in [3.8, 4) is 6.07 Å². The maximum absolute atomic E-state index is 12.4. The lowest BCUT2D eigenvalue weighted by Crippen LogP contribution is -2.34. The number of fused-ring (bicyclic) bond motifs is 1. The zero-order valence-electron chi connectivity index (χ0n) is 14.2. The van der Waals surface area contributed by atoms with Crippen molar-refractivity contribution in [2.45, 2.75) is 6.04 Å². The number of nitrogens with zero attached hydrogens (tertiary/aromatic N) is 2. The van der Waals surface area contributed by atoms with Gasteiger partial charge >= 0.3 is 0 Å². The Kier molecular flexibility index (Phi) is 5.13. The maximum atomic E-state index is 12.4. The van der Waals surface area contributed by atoms with Crippen LogP contribution in [0.4, 0.5) is 0 Å². The highest BCUT2D eigenvalue weighted by atomic mass is 32.1. The summed E-state index contributed by atoms with van der Waals surface area (Å²) in [6, 6.07) is 17.2. The first-order chi connectivity index (χ1) is 12.1. The minimum atomic E-state index is -0.163. The van der Waals surface area contributed by atoms with Gasteiger partial charge in [-0.1, -0.05) is 24.3 Å². The van der Waals surface area contributed by atoms with Crippen LogP contribution in [0.2, 0.25) is 0 Å². The standard InChI is InChI=1S/C20H19N3OS/c1-23(2)18(17-13-25-19-9-4-3-8-16(17)19)12-22-20(24)15-7-5-6-14(10-15)11-21/h3-10,13,18H,12H2,1-2H3,(H,22,24)/t18-/m0/s1. The van der Waals surface area contributed by atoms with E-state index in [1.54, 1.807) is 35.6 Å². The predicted octanol–water partition coefficient (Wildman–Crippen LogP) is 3.81. The third kappa shape index (κ3) is 3.71. The van der Waals surface area contributed by atoms with Gasteiger partial charge in [0.05, 0.1) is 17.7 Å². The molecule has 1 N–H and O–H groups in total. The van der Waals surface area contributed by atoms with Gasteiger partial charge in [0.15, 0.2) is 0 Å². The fraction of sp³-hybridized carbons (Fsp3) is 0.200. The molecule has 0 aliphatic rings. The van der Waals surface area contributed by atoms with E-state index in [0.29, 0.717) is 17.7 Å². The van der Waals surface area contributed by atoms with Crippen molar-refractivity contribution < 1.29 is 4.79 Å². The minimum absolute atomic E-state index is 0.0826. The molecule has 3 rings (SSSR count). The van der Waals surface area contributed by atoms with Crippen molar-refractivity contribution in [2.75, 3.05) is 20.6 Å². The van der Waals surface area contributed by atoms with Crippen molar-refractivity contribution in [1.82, 2.24) is 10.2 Å². The maximum Gasteiger partial charge on any atom is 0.251 e. The minimum Gasteiger partial charge on any atom is -0.350 e. The molecule has 0 spiro atoms. The quantitative estimate of drug-likeness (QED) is 0.762. The number of benzene rings is 2. The second-order valence-electron chi connectivity index (χ2n) is 6.07. The van der Waals surface area contributed by atoms with Gasteiger partial charge in [-0.25, -0.2) is 0 Å². The lowest BCUT2D eigenvalue weighted by molar-refractivity contribution is 0.0942. The normalized spacial score (nSPS) is 12.1. The number of likely N-dealkylation sites (N-methyl/N-ethyl adjacent to an activating group) is 1. The summed E-state index contributed by atoms with van der Waals surface area (Å²) >= 11 is 1.72. The van der Waals surface area contributed by atoms with Gasteiger partial charge in [-0.3, -0.25) is 4.79 Å². The highest BCUT2D eigenvalue weighted by Gasteiger charge is 2.19. The summed E-state index contributed by atoms with van der Waals surface area (Å²) in [7, 11) is 4.03. The lowest BCUT2D eigenvalue weighted by atomic mass is 10.0. The van der Waals surface area contributed by atoms with Gasteiger partial charge in [0.25, 0.3) is 5.91 Å². The first-order valence-electron chi connectivity index (χ1n) is 8.01. The molecule has 126 valence electrons. The molecule has 25 heavy (non-hydrogen) atoms. The van der Waals surface area contributed by atoms with E-state index in [0.717, 1.165) is 0 Å². The summed E-state index contributed by atoms with van der Waals surface area (Å²) in [6.45, 7) is 0.503. The lowest BCUT2D eigenvalue weighted by Gasteiger charge is -2.24. The Morgan fingerprint density at radius 3 is 2.80 bits per heavy atom.